The van der Waals surface area contributed by atoms with Gasteiger partial charge in [-0.2, -0.15) is 5.10 Å². The fourth-order valence-corrected chi connectivity index (χ4v) is 4.61. The van der Waals surface area contributed by atoms with Crippen molar-refractivity contribution in [3.05, 3.63) is 46.5 Å². The van der Waals surface area contributed by atoms with Crippen LogP contribution in [-0.4, -0.2) is 41.2 Å². The van der Waals surface area contributed by atoms with Crippen molar-refractivity contribution in [2.75, 3.05) is 13.6 Å². The molecule has 1 fully saturated rings. The van der Waals surface area contributed by atoms with Crippen LogP contribution in [0.2, 0.25) is 0 Å². The summed E-state index contributed by atoms with van der Waals surface area (Å²) in [4.78, 5) is 16.3. The highest BCUT2D eigenvalue weighted by molar-refractivity contribution is 7.10. The number of nitrogens with zero attached hydrogens (tertiary/aromatic N) is 3. The number of thiophene rings is 1. The SMILES string of the molecule is CN(CC(=O)N1N=C(c2ccco2)C[C@H]1c1cccs1)C1CCCC1. The summed E-state index contributed by atoms with van der Waals surface area (Å²) in [5.41, 5.74) is 0.847. The van der Waals surface area contributed by atoms with E-state index in [9.17, 15) is 4.79 Å². The van der Waals surface area contributed by atoms with Gasteiger partial charge in [0.05, 0.1) is 18.8 Å². The molecule has 0 saturated heterocycles. The Bertz CT molecular complexity index is 733. The van der Waals surface area contributed by atoms with Gasteiger partial charge >= 0.3 is 0 Å². The lowest BCUT2D eigenvalue weighted by atomic mass is 10.1. The molecule has 0 spiro atoms. The molecule has 6 heteroatoms. The van der Waals surface area contributed by atoms with E-state index in [0.717, 1.165) is 11.5 Å². The molecule has 0 unspecified atom stereocenters. The van der Waals surface area contributed by atoms with Gasteiger partial charge in [-0.1, -0.05) is 18.9 Å². The minimum absolute atomic E-state index is 0.0235. The molecule has 1 aliphatic heterocycles. The number of furan rings is 1. The highest BCUT2D eigenvalue weighted by atomic mass is 32.1. The van der Waals surface area contributed by atoms with E-state index in [2.05, 4.69) is 23.1 Å². The summed E-state index contributed by atoms with van der Waals surface area (Å²) < 4.78 is 5.50. The molecule has 0 aromatic carbocycles. The van der Waals surface area contributed by atoms with Gasteiger partial charge in [-0.3, -0.25) is 9.69 Å². The van der Waals surface area contributed by atoms with Crippen molar-refractivity contribution < 1.29 is 9.21 Å². The summed E-state index contributed by atoms with van der Waals surface area (Å²) in [6.07, 6.45) is 7.28. The number of rotatable bonds is 5. The van der Waals surface area contributed by atoms with Gasteiger partial charge in [0, 0.05) is 17.3 Å². The highest BCUT2D eigenvalue weighted by Gasteiger charge is 2.35. The fraction of sp³-hybridized carbons (Fsp3) is 0.474. The van der Waals surface area contributed by atoms with E-state index in [4.69, 9.17) is 4.42 Å². The fourth-order valence-electron chi connectivity index (χ4n) is 3.79. The van der Waals surface area contributed by atoms with E-state index >= 15 is 0 Å². The van der Waals surface area contributed by atoms with Crippen LogP contribution in [0.1, 0.15) is 48.8 Å². The second-order valence-electron chi connectivity index (χ2n) is 6.85. The van der Waals surface area contributed by atoms with Crippen LogP contribution in [0.4, 0.5) is 0 Å². The maximum absolute atomic E-state index is 13.0. The largest absolute Gasteiger partial charge is 0.463 e. The minimum atomic E-state index is -0.0235. The van der Waals surface area contributed by atoms with Gasteiger partial charge in [0.25, 0.3) is 5.91 Å². The number of likely N-dealkylation sites (N-methyl/N-ethyl adjacent to an activating group) is 1. The van der Waals surface area contributed by atoms with E-state index in [1.807, 2.05) is 23.6 Å². The summed E-state index contributed by atoms with van der Waals surface area (Å²) in [7, 11) is 2.06. The van der Waals surface area contributed by atoms with E-state index in [1.165, 1.54) is 30.6 Å². The van der Waals surface area contributed by atoms with Gasteiger partial charge < -0.3 is 4.42 Å². The summed E-state index contributed by atoms with van der Waals surface area (Å²) in [6, 6.07) is 8.37. The molecule has 1 atom stereocenters. The van der Waals surface area contributed by atoms with Crippen molar-refractivity contribution >= 4 is 23.0 Å². The van der Waals surface area contributed by atoms with Gasteiger partial charge in [0.15, 0.2) is 0 Å². The van der Waals surface area contributed by atoms with Gasteiger partial charge in [0.2, 0.25) is 0 Å². The van der Waals surface area contributed by atoms with Crippen molar-refractivity contribution in [2.45, 2.75) is 44.2 Å². The summed E-state index contributed by atoms with van der Waals surface area (Å²) in [5.74, 6) is 0.815. The molecule has 1 amide bonds. The summed E-state index contributed by atoms with van der Waals surface area (Å²) in [6.45, 7) is 0.418. The topological polar surface area (TPSA) is 49.1 Å². The second-order valence-corrected chi connectivity index (χ2v) is 7.83. The Labute approximate surface area is 151 Å². The predicted molar refractivity (Wildman–Crippen MR) is 98.7 cm³/mol. The monoisotopic (exact) mass is 357 g/mol. The molecule has 4 rings (SSSR count). The highest BCUT2D eigenvalue weighted by Crippen LogP contribution is 2.35. The quantitative estimate of drug-likeness (QED) is 0.815. The lowest BCUT2D eigenvalue weighted by Gasteiger charge is -2.27. The number of carbonyl (C=O) groups excluding carboxylic acids is 1. The zero-order chi connectivity index (χ0) is 17.2. The first-order valence-electron chi connectivity index (χ1n) is 8.89. The van der Waals surface area contributed by atoms with Crippen molar-refractivity contribution in [2.24, 2.45) is 5.10 Å². The average Bonchev–Trinajstić information content (AvgIpc) is 3.43. The maximum atomic E-state index is 13.0. The van der Waals surface area contributed by atoms with E-state index in [0.29, 0.717) is 19.0 Å². The van der Waals surface area contributed by atoms with E-state index < -0.39 is 0 Å². The van der Waals surface area contributed by atoms with Crippen LogP contribution in [0.25, 0.3) is 0 Å². The molecule has 2 aromatic rings. The Morgan fingerprint density at radius 3 is 2.88 bits per heavy atom. The Balaban J connectivity index is 1.53. The van der Waals surface area contributed by atoms with Gasteiger partial charge in [-0.05, 0) is 43.5 Å². The number of hydrogen-bond acceptors (Lipinski definition) is 5. The van der Waals surface area contributed by atoms with Crippen LogP contribution in [0.3, 0.4) is 0 Å². The lowest BCUT2D eigenvalue weighted by molar-refractivity contribution is -0.134. The van der Waals surface area contributed by atoms with Crippen molar-refractivity contribution in [1.82, 2.24) is 9.91 Å². The van der Waals surface area contributed by atoms with Gasteiger partial charge in [-0.15, -0.1) is 11.3 Å². The Hall–Kier alpha value is -1.92. The van der Waals surface area contributed by atoms with E-state index in [1.54, 1.807) is 22.6 Å². The predicted octanol–water partition coefficient (Wildman–Crippen LogP) is 3.89. The van der Waals surface area contributed by atoms with Crippen LogP contribution >= 0.6 is 11.3 Å². The molecule has 0 N–H and O–H groups in total. The zero-order valence-electron chi connectivity index (χ0n) is 14.4. The first-order valence-corrected chi connectivity index (χ1v) is 9.77. The maximum Gasteiger partial charge on any atom is 0.257 e. The first kappa shape index (κ1) is 16.5. The van der Waals surface area contributed by atoms with Crippen molar-refractivity contribution in [3.8, 4) is 0 Å². The van der Waals surface area contributed by atoms with Crippen LogP contribution < -0.4 is 0 Å². The normalized spacial score (nSPS) is 21.3. The molecule has 2 aliphatic rings. The molecule has 0 bridgehead atoms. The standard InChI is InChI=1S/C19H23N3O2S/c1-21(14-6-2-3-7-14)13-19(23)22-16(18-9-5-11-25-18)12-15(20-22)17-8-4-10-24-17/h4-5,8-11,14,16H,2-3,6-7,12-13H2,1H3/t16-/m0/s1. The molecule has 2 aromatic heterocycles. The van der Waals surface area contributed by atoms with Crippen LogP contribution in [0, 0.1) is 0 Å². The van der Waals surface area contributed by atoms with Crippen LogP contribution in [0.15, 0.2) is 45.4 Å². The average molecular weight is 357 g/mol. The molecular weight excluding hydrogens is 334 g/mol. The number of carbonyl (C=O) groups is 1. The Morgan fingerprint density at radius 2 is 2.20 bits per heavy atom. The van der Waals surface area contributed by atoms with Crippen molar-refractivity contribution in [3.63, 3.8) is 0 Å². The van der Waals surface area contributed by atoms with E-state index in [-0.39, 0.29) is 11.9 Å². The second kappa shape index (κ2) is 7.14. The minimum Gasteiger partial charge on any atom is -0.463 e. The number of amides is 1. The molecule has 5 nitrogen and oxygen atoms in total. The molecular formula is C19H23N3O2S. The Kier molecular flexibility index (Phi) is 4.72. The van der Waals surface area contributed by atoms with Crippen molar-refractivity contribution in [1.29, 1.82) is 0 Å². The third kappa shape index (κ3) is 3.41. The third-order valence-corrected chi connectivity index (χ3v) is 6.15. The zero-order valence-corrected chi connectivity index (χ0v) is 15.2. The van der Waals surface area contributed by atoms with Crippen LogP contribution in [-0.2, 0) is 4.79 Å². The summed E-state index contributed by atoms with van der Waals surface area (Å²) in [5, 5.41) is 8.36. The summed E-state index contributed by atoms with van der Waals surface area (Å²) >= 11 is 1.67. The molecule has 1 aliphatic carbocycles. The molecule has 25 heavy (non-hydrogen) atoms. The number of hydrazone groups is 1. The lowest BCUT2D eigenvalue weighted by Crippen LogP contribution is -2.40. The molecule has 1 saturated carbocycles. The Morgan fingerprint density at radius 1 is 1.36 bits per heavy atom. The molecule has 132 valence electrons. The molecule has 3 heterocycles. The third-order valence-electron chi connectivity index (χ3n) is 5.18. The van der Waals surface area contributed by atoms with Gasteiger partial charge in [-0.25, -0.2) is 5.01 Å². The van der Waals surface area contributed by atoms with Crippen LogP contribution in [0.5, 0.6) is 0 Å². The number of hydrogen-bond donors (Lipinski definition) is 0. The first-order chi connectivity index (χ1) is 12.2. The van der Waals surface area contributed by atoms with Gasteiger partial charge in [0.1, 0.15) is 11.5 Å². The molecule has 0 radical (unpaired) electrons. The smallest absolute Gasteiger partial charge is 0.257 e.